The SMILES string of the molecule is COCCN1C[C@H](CNC(=O)[C@@H]2CCc3ccccc3C2)CC1=O. The van der Waals surface area contributed by atoms with E-state index in [4.69, 9.17) is 4.74 Å². The molecule has 0 bridgehead atoms. The summed E-state index contributed by atoms with van der Waals surface area (Å²) in [5, 5.41) is 3.07. The Kier molecular flexibility index (Phi) is 5.51. The molecule has 1 aromatic rings. The van der Waals surface area contributed by atoms with E-state index in [0.29, 0.717) is 26.1 Å². The summed E-state index contributed by atoms with van der Waals surface area (Å²) in [5.41, 5.74) is 2.67. The van der Waals surface area contributed by atoms with E-state index < -0.39 is 0 Å². The summed E-state index contributed by atoms with van der Waals surface area (Å²) in [6.45, 7) is 2.51. The van der Waals surface area contributed by atoms with E-state index in [9.17, 15) is 9.59 Å². The molecule has 1 fully saturated rings. The van der Waals surface area contributed by atoms with Crippen molar-refractivity contribution >= 4 is 11.8 Å². The Morgan fingerprint density at radius 3 is 2.88 bits per heavy atom. The summed E-state index contributed by atoms with van der Waals surface area (Å²) < 4.78 is 5.03. The zero-order valence-electron chi connectivity index (χ0n) is 14.3. The van der Waals surface area contributed by atoms with Crippen molar-refractivity contribution in [1.29, 1.82) is 0 Å². The maximum atomic E-state index is 12.5. The lowest BCUT2D eigenvalue weighted by atomic mass is 9.83. The average Bonchev–Trinajstić information content (AvgIpc) is 2.97. The summed E-state index contributed by atoms with van der Waals surface area (Å²) in [6.07, 6.45) is 3.23. The lowest BCUT2D eigenvalue weighted by Crippen LogP contribution is -2.37. The Balaban J connectivity index is 1.46. The second kappa shape index (κ2) is 7.79. The van der Waals surface area contributed by atoms with E-state index in [2.05, 4.69) is 23.5 Å². The Bertz CT molecular complexity index is 602. The Hall–Kier alpha value is -1.88. The van der Waals surface area contributed by atoms with Crippen LogP contribution in [-0.2, 0) is 27.2 Å². The summed E-state index contributed by atoms with van der Waals surface area (Å²) in [5.74, 6) is 0.570. The van der Waals surface area contributed by atoms with Crippen molar-refractivity contribution in [2.24, 2.45) is 11.8 Å². The number of aryl methyl sites for hydroxylation is 1. The van der Waals surface area contributed by atoms with E-state index in [-0.39, 0.29) is 23.7 Å². The van der Waals surface area contributed by atoms with Crippen LogP contribution in [0.5, 0.6) is 0 Å². The fourth-order valence-electron chi connectivity index (χ4n) is 3.72. The van der Waals surface area contributed by atoms with E-state index in [1.807, 2.05) is 11.0 Å². The second-order valence-electron chi connectivity index (χ2n) is 6.86. The highest BCUT2D eigenvalue weighted by atomic mass is 16.5. The van der Waals surface area contributed by atoms with Crippen LogP contribution in [0.1, 0.15) is 24.0 Å². The van der Waals surface area contributed by atoms with Crippen LogP contribution < -0.4 is 5.32 Å². The molecule has 5 heteroatoms. The van der Waals surface area contributed by atoms with Crippen LogP contribution in [0.15, 0.2) is 24.3 Å². The normalized spacial score (nSPS) is 23.2. The molecule has 1 saturated heterocycles. The van der Waals surface area contributed by atoms with Crippen molar-refractivity contribution in [3.8, 4) is 0 Å². The molecule has 0 unspecified atom stereocenters. The molecule has 0 radical (unpaired) electrons. The van der Waals surface area contributed by atoms with Crippen LogP contribution in [0.4, 0.5) is 0 Å². The standard InChI is InChI=1S/C19H26N2O3/c1-24-9-8-21-13-14(10-18(21)22)12-20-19(23)17-7-6-15-4-2-3-5-16(15)11-17/h2-5,14,17H,6-13H2,1H3,(H,20,23)/t14-,17+/m0/s1. The number of fused-ring (bicyclic) bond motifs is 1. The van der Waals surface area contributed by atoms with Crippen molar-refractivity contribution in [2.45, 2.75) is 25.7 Å². The van der Waals surface area contributed by atoms with Gasteiger partial charge in [-0.1, -0.05) is 24.3 Å². The van der Waals surface area contributed by atoms with Gasteiger partial charge < -0.3 is 15.0 Å². The van der Waals surface area contributed by atoms with Crippen LogP contribution in [0.3, 0.4) is 0 Å². The fraction of sp³-hybridized carbons (Fsp3) is 0.579. The number of carbonyl (C=O) groups is 2. The van der Waals surface area contributed by atoms with Gasteiger partial charge in [0.15, 0.2) is 0 Å². The number of likely N-dealkylation sites (tertiary alicyclic amines) is 1. The molecule has 0 spiro atoms. The van der Waals surface area contributed by atoms with E-state index in [1.165, 1.54) is 11.1 Å². The summed E-state index contributed by atoms with van der Waals surface area (Å²) >= 11 is 0. The number of hydrogen-bond acceptors (Lipinski definition) is 3. The Morgan fingerprint density at radius 2 is 2.08 bits per heavy atom. The quantitative estimate of drug-likeness (QED) is 0.858. The van der Waals surface area contributed by atoms with Gasteiger partial charge in [-0.05, 0) is 30.4 Å². The molecule has 3 rings (SSSR count). The Morgan fingerprint density at radius 1 is 1.29 bits per heavy atom. The molecule has 2 aliphatic rings. The van der Waals surface area contributed by atoms with Crippen molar-refractivity contribution in [3.05, 3.63) is 35.4 Å². The van der Waals surface area contributed by atoms with Crippen molar-refractivity contribution < 1.29 is 14.3 Å². The predicted molar refractivity (Wildman–Crippen MR) is 91.5 cm³/mol. The van der Waals surface area contributed by atoms with E-state index >= 15 is 0 Å². The zero-order valence-corrected chi connectivity index (χ0v) is 14.3. The number of rotatable bonds is 6. The number of nitrogens with zero attached hydrogens (tertiary/aromatic N) is 1. The van der Waals surface area contributed by atoms with Crippen molar-refractivity contribution in [3.63, 3.8) is 0 Å². The third-order valence-electron chi connectivity index (χ3n) is 5.14. The maximum absolute atomic E-state index is 12.5. The summed E-state index contributed by atoms with van der Waals surface area (Å²) in [6, 6.07) is 8.38. The third kappa shape index (κ3) is 3.96. The number of amides is 2. The fourth-order valence-corrected chi connectivity index (χ4v) is 3.72. The largest absolute Gasteiger partial charge is 0.383 e. The van der Waals surface area contributed by atoms with Gasteiger partial charge >= 0.3 is 0 Å². The van der Waals surface area contributed by atoms with Gasteiger partial charge in [0.1, 0.15) is 0 Å². The smallest absolute Gasteiger partial charge is 0.223 e. The predicted octanol–water partition coefficient (Wildman–Crippen LogP) is 1.40. The number of benzene rings is 1. The molecule has 1 aromatic carbocycles. The highest BCUT2D eigenvalue weighted by Gasteiger charge is 2.30. The third-order valence-corrected chi connectivity index (χ3v) is 5.14. The molecule has 0 aromatic heterocycles. The lowest BCUT2D eigenvalue weighted by molar-refractivity contribution is -0.128. The number of nitrogens with one attached hydrogen (secondary N) is 1. The molecule has 5 nitrogen and oxygen atoms in total. The van der Waals surface area contributed by atoms with Gasteiger partial charge in [-0.2, -0.15) is 0 Å². The first-order valence-corrected chi connectivity index (χ1v) is 8.78. The first kappa shape index (κ1) is 17.0. The monoisotopic (exact) mass is 330 g/mol. The van der Waals surface area contributed by atoms with Crippen LogP contribution in [0, 0.1) is 11.8 Å². The number of hydrogen-bond donors (Lipinski definition) is 1. The van der Waals surface area contributed by atoms with Crippen LogP contribution >= 0.6 is 0 Å². The van der Waals surface area contributed by atoms with Crippen molar-refractivity contribution in [2.75, 3.05) is 33.4 Å². The highest BCUT2D eigenvalue weighted by molar-refractivity contribution is 5.80. The first-order valence-electron chi connectivity index (χ1n) is 8.78. The zero-order chi connectivity index (χ0) is 16.9. The number of carbonyl (C=O) groups excluding carboxylic acids is 2. The number of methoxy groups -OCH3 is 1. The molecule has 0 saturated carbocycles. The average molecular weight is 330 g/mol. The molecule has 2 amide bonds. The summed E-state index contributed by atoms with van der Waals surface area (Å²) in [4.78, 5) is 26.2. The van der Waals surface area contributed by atoms with Gasteiger partial charge in [-0.25, -0.2) is 0 Å². The molecule has 2 atom stereocenters. The Labute approximate surface area is 143 Å². The van der Waals surface area contributed by atoms with Crippen LogP contribution in [-0.4, -0.2) is 50.1 Å². The molecule has 1 aliphatic heterocycles. The minimum atomic E-state index is 0.0570. The van der Waals surface area contributed by atoms with Gasteiger partial charge in [0.25, 0.3) is 0 Å². The van der Waals surface area contributed by atoms with Crippen molar-refractivity contribution in [1.82, 2.24) is 10.2 Å². The lowest BCUT2D eigenvalue weighted by Gasteiger charge is -2.24. The molecule has 1 aliphatic carbocycles. The second-order valence-corrected chi connectivity index (χ2v) is 6.86. The number of ether oxygens (including phenoxy) is 1. The molecule has 1 N–H and O–H groups in total. The highest BCUT2D eigenvalue weighted by Crippen LogP contribution is 2.25. The van der Waals surface area contributed by atoms with E-state index in [0.717, 1.165) is 25.8 Å². The topological polar surface area (TPSA) is 58.6 Å². The molecule has 1 heterocycles. The first-order chi connectivity index (χ1) is 11.7. The molecular weight excluding hydrogens is 304 g/mol. The van der Waals surface area contributed by atoms with Crippen LogP contribution in [0.2, 0.25) is 0 Å². The summed E-state index contributed by atoms with van der Waals surface area (Å²) in [7, 11) is 1.64. The molecule has 130 valence electrons. The van der Waals surface area contributed by atoms with Gasteiger partial charge in [-0.3, -0.25) is 9.59 Å². The van der Waals surface area contributed by atoms with E-state index in [1.54, 1.807) is 7.11 Å². The van der Waals surface area contributed by atoms with Crippen LogP contribution in [0.25, 0.3) is 0 Å². The van der Waals surface area contributed by atoms with Gasteiger partial charge in [-0.15, -0.1) is 0 Å². The van der Waals surface area contributed by atoms with Gasteiger partial charge in [0, 0.05) is 45.0 Å². The minimum absolute atomic E-state index is 0.0570. The minimum Gasteiger partial charge on any atom is -0.383 e. The molecule has 24 heavy (non-hydrogen) atoms. The maximum Gasteiger partial charge on any atom is 0.223 e. The molecular formula is C19H26N2O3. The van der Waals surface area contributed by atoms with Gasteiger partial charge in [0.05, 0.1) is 6.61 Å². The van der Waals surface area contributed by atoms with Gasteiger partial charge in [0.2, 0.25) is 11.8 Å².